The molecule has 0 N–H and O–H groups in total. The second-order valence-electron chi connectivity index (χ2n) is 5.10. The van der Waals surface area contributed by atoms with Crippen LogP contribution in [-0.4, -0.2) is 4.98 Å². The zero-order valence-electron chi connectivity index (χ0n) is 11.9. The number of pyridine rings is 1. The largest absolute Gasteiger partial charge is 0.257 e. The van der Waals surface area contributed by atoms with Crippen LogP contribution in [0.3, 0.4) is 0 Å². The molecule has 0 radical (unpaired) electrons. The summed E-state index contributed by atoms with van der Waals surface area (Å²) in [5.74, 6) is 0. The number of hydrogen-bond acceptors (Lipinski definition) is 2. The van der Waals surface area contributed by atoms with E-state index >= 15 is 0 Å². The van der Waals surface area contributed by atoms with Gasteiger partial charge in [-0.2, -0.15) is 0 Å². The highest BCUT2D eigenvalue weighted by Crippen LogP contribution is 2.28. The van der Waals surface area contributed by atoms with Crippen molar-refractivity contribution in [3.63, 3.8) is 0 Å². The summed E-state index contributed by atoms with van der Waals surface area (Å²) < 4.78 is 1.32. The number of benzene rings is 1. The Morgan fingerprint density at radius 2 is 1.86 bits per heavy atom. The fourth-order valence-electron chi connectivity index (χ4n) is 2.33. The van der Waals surface area contributed by atoms with Gasteiger partial charge in [0.25, 0.3) is 0 Å². The highest BCUT2D eigenvalue weighted by atomic mass is 32.1. The Hall–Kier alpha value is -2.19. The standard InChI is InChI=1S/C19H17NS/c1-14(6-7-15(2)18-5-3-4-11-20-18)16-8-9-19-17(13-16)10-12-21-19/h3-5,8-13H,1-2,6-7H2. The highest BCUT2D eigenvalue weighted by molar-refractivity contribution is 7.17. The molecule has 3 aromatic rings. The van der Waals surface area contributed by atoms with Gasteiger partial charge in [0.05, 0.1) is 5.69 Å². The van der Waals surface area contributed by atoms with Gasteiger partial charge >= 0.3 is 0 Å². The first-order chi connectivity index (χ1) is 10.2. The Kier molecular flexibility index (Phi) is 3.98. The van der Waals surface area contributed by atoms with E-state index in [0.717, 1.165) is 29.7 Å². The van der Waals surface area contributed by atoms with Crippen molar-refractivity contribution in [2.75, 3.05) is 0 Å². The van der Waals surface area contributed by atoms with Crippen LogP contribution in [0.5, 0.6) is 0 Å². The fourth-order valence-corrected chi connectivity index (χ4v) is 3.10. The van der Waals surface area contributed by atoms with Crippen molar-refractivity contribution in [2.24, 2.45) is 0 Å². The van der Waals surface area contributed by atoms with E-state index in [2.05, 4.69) is 47.8 Å². The van der Waals surface area contributed by atoms with Crippen molar-refractivity contribution in [1.29, 1.82) is 0 Å². The smallest absolute Gasteiger partial charge is 0.0655 e. The average molecular weight is 291 g/mol. The zero-order chi connectivity index (χ0) is 14.7. The van der Waals surface area contributed by atoms with Gasteiger partial charge in [0.2, 0.25) is 0 Å². The van der Waals surface area contributed by atoms with Crippen LogP contribution in [0.15, 0.2) is 67.2 Å². The predicted octanol–water partition coefficient (Wildman–Crippen LogP) is 5.80. The van der Waals surface area contributed by atoms with Crippen LogP contribution in [0, 0.1) is 0 Å². The minimum atomic E-state index is 0.886. The van der Waals surface area contributed by atoms with Gasteiger partial charge in [0, 0.05) is 10.9 Å². The molecule has 0 saturated carbocycles. The molecule has 0 bridgehead atoms. The van der Waals surface area contributed by atoms with Crippen molar-refractivity contribution in [1.82, 2.24) is 4.98 Å². The molecule has 0 aliphatic rings. The van der Waals surface area contributed by atoms with Gasteiger partial charge in [-0.15, -0.1) is 11.3 Å². The summed E-state index contributed by atoms with van der Waals surface area (Å²) in [6.45, 7) is 8.35. The molecule has 0 atom stereocenters. The average Bonchev–Trinajstić information content (AvgIpc) is 3.00. The third-order valence-electron chi connectivity index (χ3n) is 3.62. The van der Waals surface area contributed by atoms with Gasteiger partial charge < -0.3 is 0 Å². The molecular formula is C19H17NS. The molecule has 0 aliphatic carbocycles. The Labute approximate surface area is 129 Å². The third kappa shape index (κ3) is 3.11. The molecule has 0 amide bonds. The number of aromatic nitrogens is 1. The molecule has 0 aliphatic heterocycles. The zero-order valence-corrected chi connectivity index (χ0v) is 12.7. The summed E-state index contributed by atoms with van der Waals surface area (Å²) in [4.78, 5) is 4.34. The molecule has 0 saturated heterocycles. The van der Waals surface area contributed by atoms with E-state index in [1.165, 1.54) is 15.6 Å². The first-order valence-electron chi connectivity index (χ1n) is 6.98. The van der Waals surface area contributed by atoms with Crippen molar-refractivity contribution in [2.45, 2.75) is 12.8 Å². The van der Waals surface area contributed by atoms with Gasteiger partial charge in [0.15, 0.2) is 0 Å². The lowest BCUT2D eigenvalue weighted by molar-refractivity contribution is 1.07. The lowest BCUT2D eigenvalue weighted by atomic mass is 9.98. The normalized spacial score (nSPS) is 10.7. The van der Waals surface area contributed by atoms with Gasteiger partial charge in [-0.25, -0.2) is 0 Å². The van der Waals surface area contributed by atoms with Crippen molar-refractivity contribution < 1.29 is 0 Å². The maximum absolute atomic E-state index is 4.34. The van der Waals surface area contributed by atoms with Crippen LogP contribution in [0.2, 0.25) is 0 Å². The third-order valence-corrected chi connectivity index (χ3v) is 4.51. The lowest BCUT2D eigenvalue weighted by Gasteiger charge is -2.08. The van der Waals surface area contributed by atoms with Crippen LogP contribution in [0.25, 0.3) is 21.2 Å². The Balaban J connectivity index is 1.67. The second kappa shape index (κ2) is 6.06. The first kappa shape index (κ1) is 13.8. The number of hydrogen-bond donors (Lipinski definition) is 0. The van der Waals surface area contributed by atoms with E-state index in [9.17, 15) is 0 Å². The summed E-state index contributed by atoms with van der Waals surface area (Å²) in [5.41, 5.74) is 4.40. The molecule has 1 nitrogen and oxygen atoms in total. The van der Waals surface area contributed by atoms with E-state index in [1.807, 2.05) is 18.2 Å². The number of rotatable bonds is 5. The molecule has 1 aromatic carbocycles. The molecule has 2 heterocycles. The SMILES string of the molecule is C=C(CCC(=C)c1ccccn1)c1ccc2sccc2c1. The molecule has 3 rings (SSSR count). The predicted molar refractivity (Wildman–Crippen MR) is 93.4 cm³/mol. The van der Waals surface area contributed by atoms with E-state index in [4.69, 9.17) is 0 Å². The minimum absolute atomic E-state index is 0.886. The molecule has 21 heavy (non-hydrogen) atoms. The molecule has 0 unspecified atom stereocenters. The fraction of sp³-hybridized carbons (Fsp3) is 0.105. The van der Waals surface area contributed by atoms with Crippen LogP contribution in [-0.2, 0) is 0 Å². The van der Waals surface area contributed by atoms with E-state index in [0.29, 0.717) is 0 Å². The molecule has 104 valence electrons. The summed E-state index contributed by atoms with van der Waals surface area (Å²) in [7, 11) is 0. The quantitative estimate of drug-likeness (QED) is 0.578. The van der Waals surface area contributed by atoms with E-state index in [1.54, 1.807) is 17.5 Å². The Morgan fingerprint density at radius 3 is 2.67 bits per heavy atom. The summed E-state index contributed by atoms with van der Waals surface area (Å²) in [6.07, 6.45) is 3.60. The van der Waals surface area contributed by atoms with Gasteiger partial charge in [-0.1, -0.05) is 25.3 Å². The van der Waals surface area contributed by atoms with Crippen LogP contribution >= 0.6 is 11.3 Å². The molecule has 0 spiro atoms. The lowest BCUT2D eigenvalue weighted by Crippen LogP contribution is -1.89. The molecule has 0 fully saturated rings. The van der Waals surface area contributed by atoms with E-state index in [-0.39, 0.29) is 0 Å². The summed E-state index contributed by atoms with van der Waals surface area (Å²) in [6, 6.07) is 14.6. The van der Waals surface area contributed by atoms with Crippen molar-refractivity contribution in [3.8, 4) is 0 Å². The molecular weight excluding hydrogens is 274 g/mol. The number of fused-ring (bicyclic) bond motifs is 1. The van der Waals surface area contributed by atoms with Crippen molar-refractivity contribution >= 4 is 32.6 Å². The topological polar surface area (TPSA) is 12.9 Å². The molecule has 2 aromatic heterocycles. The highest BCUT2D eigenvalue weighted by Gasteiger charge is 2.05. The number of allylic oxidation sites excluding steroid dienone is 2. The van der Waals surface area contributed by atoms with Crippen LogP contribution < -0.4 is 0 Å². The minimum Gasteiger partial charge on any atom is -0.257 e. The summed E-state index contributed by atoms with van der Waals surface area (Å²) in [5, 5.41) is 3.42. The van der Waals surface area contributed by atoms with Gasteiger partial charge in [-0.05, 0) is 70.6 Å². The van der Waals surface area contributed by atoms with Crippen LogP contribution in [0.4, 0.5) is 0 Å². The maximum atomic E-state index is 4.34. The Morgan fingerprint density at radius 1 is 1.00 bits per heavy atom. The maximum Gasteiger partial charge on any atom is 0.0655 e. The molecule has 2 heteroatoms. The van der Waals surface area contributed by atoms with Crippen molar-refractivity contribution in [3.05, 3.63) is 78.5 Å². The summed E-state index contributed by atoms with van der Waals surface area (Å²) >= 11 is 1.77. The van der Waals surface area contributed by atoms with E-state index < -0.39 is 0 Å². The van der Waals surface area contributed by atoms with Gasteiger partial charge in [-0.3, -0.25) is 4.98 Å². The number of thiophene rings is 1. The number of nitrogens with zero attached hydrogens (tertiary/aromatic N) is 1. The van der Waals surface area contributed by atoms with Gasteiger partial charge in [0.1, 0.15) is 0 Å². The Bertz CT molecular complexity index is 783. The monoisotopic (exact) mass is 291 g/mol. The van der Waals surface area contributed by atoms with Crippen LogP contribution in [0.1, 0.15) is 24.1 Å². The first-order valence-corrected chi connectivity index (χ1v) is 7.86. The second-order valence-corrected chi connectivity index (χ2v) is 6.04.